The molecule has 0 fully saturated rings. The molecule has 1 heterocycles. The van der Waals surface area contributed by atoms with E-state index in [9.17, 15) is 4.79 Å². The summed E-state index contributed by atoms with van der Waals surface area (Å²) in [7, 11) is 4.95. The average molecular weight is 314 g/mol. The standard InChI is InChI=1S/C18H22N2O3/c1-13(12-14-8-5-6-10-16(14)22-3)20(2)18(21)15-9-7-11-19-17(15)23-4/h5-11,13H,12H2,1-4H3/t13-/m0/s1. The molecule has 2 rings (SSSR count). The molecular formula is C18H22N2O3. The maximum atomic E-state index is 12.7. The second-order valence-electron chi connectivity index (χ2n) is 5.34. The first kappa shape index (κ1) is 16.8. The summed E-state index contributed by atoms with van der Waals surface area (Å²) >= 11 is 0. The molecule has 0 bridgehead atoms. The highest BCUT2D eigenvalue weighted by molar-refractivity contribution is 5.96. The number of methoxy groups -OCH3 is 2. The van der Waals surface area contributed by atoms with Crippen molar-refractivity contribution in [2.45, 2.75) is 19.4 Å². The third-order valence-electron chi connectivity index (χ3n) is 3.88. The van der Waals surface area contributed by atoms with Crippen molar-refractivity contribution in [2.24, 2.45) is 0 Å². The van der Waals surface area contributed by atoms with Crippen molar-refractivity contribution in [1.29, 1.82) is 0 Å². The van der Waals surface area contributed by atoms with Crippen LogP contribution in [0.5, 0.6) is 11.6 Å². The number of hydrogen-bond acceptors (Lipinski definition) is 4. The maximum absolute atomic E-state index is 12.7. The van der Waals surface area contributed by atoms with Crippen molar-refractivity contribution in [3.63, 3.8) is 0 Å². The molecule has 1 atom stereocenters. The van der Waals surface area contributed by atoms with E-state index in [4.69, 9.17) is 9.47 Å². The van der Waals surface area contributed by atoms with Gasteiger partial charge in [0, 0.05) is 19.3 Å². The lowest BCUT2D eigenvalue weighted by Gasteiger charge is -2.26. The molecule has 122 valence electrons. The number of likely N-dealkylation sites (N-methyl/N-ethyl adjacent to an activating group) is 1. The Kier molecular flexibility index (Phi) is 5.57. The lowest BCUT2D eigenvalue weighted by Crippen LogP contribution is -2.36. The van der Waals surface area contributed by atoms with Gasteiger partial charge >= 0.3 is 0 Å². The zero-order chi connectivity index (χ0) is 16.8. The molecule has 0 radical (unpaired) electrons. The van der Waals surface area contributed by atoms with E-state index in [0.717, 1.165) is 11.3 Å². The number of ether oxygens (including phenoxy) is 2. The molecule has 1 amide bonds. The SMILES string of the molecule is COc1ccccc1C[C@H](C)N(C)C(=O)c1cccnc1OC. The number of hydrogen-bond donors (Lipinski definition) is 0. The molecule has 0 saturated carbocycles. The third-order valence-corrected chi connectivity index (χ3v) is 3.88. The maximum Gasteiger partial charge on any atom is 0.259 e. The van der Waals surface area contributed by atoms with Crippen LogP contribution in [0.2, 0.25) is 0 Å². The second-order valence-corrected chi connectivity index (χ2v) is 5.34. The molecular weight excluding hydrogens is 292 g/mol. The van der Waals surface area contributed by atoms with Crippen LogP contribution < -0.4 is 9.47 Å². The van der Waals surface area contributed by atoms with Gasteiger partial charge in [0.2, 0.25) is 5.88 Å². The monoisotopic (exact) mass is 314 g/mol. The lowest BCUT2D eigenvalue weighted by atomic mass is 10.0. The Morgan fingerprint density at radius 3 is 2.61 bits per heavy atom. The van der Waals surface area contributed by atoms with Gasteiger partial charge in [0.25, 0.3) is 5.91 Å². The number of nitrogens with zero attached hydrogens (tertiary/aromatic N) is 2. The van der Waals surface area contributed by atoms with Crippen molar-refractivity contribution >= 4 is 5.91 Å². The predicted octanol–water partition coefficient (Wildman–Crippen LogP) is 2.80. The zero-order valence-corrected chi connectivity index (χ0v) is 13.9. The fourth-order valence-electron chi connectivity index (χ4n) is 2.43. The van der Waals surface area contributed by atoms with Crippen LogP contribution in [-0.2, 0) is 6.42 Å². The van der Waals surface area contributed by atoms with Gasteiger partial charge in [-0.15, -0.1) is 0 Å². The van der Waals surface area contributed by atoms with Gasteiger partial charge in [-0.1, -0.05) is 18.2 Å². The van der Waals surface area contributed by atoms with E-state index in [1.165, 1.54) is 7.11 Å². The first-order valence-corrected chi connectivity index (χ1v) is 7.46. The number of amides is 1. The normalized spacial score (nSPS) is 11.7. The number of carbonyl (C=O) groups is 1. The Balaban J connectivity index is 2.16. The van der Waals surface area contributed by atoms with Gasteiger partial charge in [0.15, 0.2) is 0 Å². The number of rotatable bonds is 6. The molecule has 0 aliphatic rings. The number of pyridine rings is 1. The van der Waals surface area contributed by atoms with Crippen LogP contribution in [0.1, 0.15) is 22.8 Å². The molecule has 5 heteroatoms. The topological polar surface area (TPSA) is 51.7 Å². The minimum absolute atomic E-state index is 0.00344. The van der Waals surface area contributed by atoms with E-state index in [1.54, 1.807) is 37.4 Å². The number of benzene rings is 1. The van der Waals surface area contributed by atoms with Gasteiger partial charge in [-0.25, -0.2) is 4.98 Å². The molecule has 0 aliphatic carbocycles. The fourth-order valence-corrected chi connectivity index (χ4v) is 2.43. The summed E-state index contributed by atoms with van der Waals surface area (Å²) in [4.78, 5) is 18.5. The summed E-state index contributed by atoms with van der Waals surface area (Å²) in [6.45, 7) is 2.01. The van der Waals surface area contributed by atoms with Gasteiger partial charge in [-0.3, -0.25) is 4.79 Å². The van der Waals surface area contributed by atoms with E-state index in [-0.39, 0.29) is 11.9 Å². The molecule has 5 nitrogen and oxygen atoms in total. The Morgan fingerprint density at radius 1 is 1.17 bits per heavy atom. The van der Waals surface area contributed by atoms with E-state index >= 15 is 0 Å². The minimum atomic E-state index is -0.114. The lowest BCUT2D eigenvalue weighted by molar-refractivity contribution is 0.0738. The number of para-hydroxylation sites is 1. The molecule has 0 saturated heterocycles. The summed E-state index contributed by atoms with van der Waals surface area (Å²) < 4.78 is 10.5. The smallest absolute Gasteiger partial charge is 0.259 e. The Labute approximate surface area is 136 Å². The number of aromatic nitrogens is 1. The molecule has 2 aromatic rings. The van der Waals surface area contributed by atoms with E-state index in [1.807, 2.05) is 31.2 Å². The van der Waals surface area contributed by atoms with Crippen LogP contribution in [0, 0.1) is 0 Å². The molecule has 1 aromatic heterocycles. The highest BCUT2D eigenvalue weighted by Gasteiger charge is 2.22. The Hall–Kier alpha value is -2.56. The van der Waals surface area contributed by atoms with Gasteiger partial charge in [-0.2, -0.15) is 0 Å². The molecule has 0 spiro atoms. The first-order valence-electron chi connectivity index (χ1n) is 7.46. The van der Waals surface area contributed by atoms with Gasteiger partial charge < -0.3 is 14.4 Å². The Morgan fingerprint density at radius 2 is 1.91 bits per heavy atom. The van der Waals surface area contributed by atoms with Crippen molar-refractivity contribution in [3.8, 4) is 11.6 Å². The summed E-state index contributed by atoms with van der Waals surface area (Å²) in [5, 5.41) is 0. The van der Waals surface area contributed by atoms with Crippen molar-refractivity contribution in [1.82, 2.24) is 9.88 Å². The van der Waals surface area contributed by atoms with Crippen LogP contribution in [0.15, 0.2) is 42.6 Å². The van der Waals surface area contributed by atoms with Crippen molar-refractivity contribution in [3.05, 3.63) is 53.7 Å². The summed E-state index contributed by atoms with van der Waals surface area (Å²) in [5.74, 6) is 1.06. The molecule has 1 aromatic carbocycles. The van der Waals surface area contributed by atoms with E-state index < -0.39 is 0 Å². The van der Waals surface area contributed by atoms with Crippen molar-refractivity contribution < 1.29 is 14.3 Å². The number of carbonyl (C=O) groups excluding carboxylic acids is 1. The Bertz CT molecular complexity index is 673. The van der Waals surface area contributed by atoms with E-state index in [2.05, 4.69) is 4.98 Å². The molecule has 0 aliphatic heterocycles. The highest BCUT2D eigenvalue weighted by Crippen LogP contribution is 2.22. The van der Waals surface area contributed by atoms with Crippen LogP contribution >= 0.6 is 0 Å². The summed E-state index contributed by atoms with van der Waals surface area (Å²) in [6.07, 6.45) is 2.31. The zero-order valence-electron chi connectivity index (χ0n) is 13.9. The average Bonchev–Trinajstić information content (AvgIpc) is 2.60. The van der Waals surface area contributed by atoms with Gasteiger partial charge in [0.1, 0.15) is 11.3 Å². The highest BCUT2D eigenvalue weighted by atomic mass is 16.5. The summed E-state index contributed by atoms with van der Waals surface area (Å²) in [6, 6.07) is 11.3. The van der Waals surface area contributed by atoms with Gasteiger partial charge in [0.05, 0.1) is 14.2 Å². The van der Waals surface area contributed by atoms with Crippen LogP contribution in [0.4, 0.5) is 0 Å². The molecule has 0 N–H and O–H groups in total. The van der Waals surface area contributed by atoms with Crippen LogP contribution in [0.3, 0.4) is 0 Å². The largest absolute Gasteiger partial charge is 0.496 e. The van der Waals surface area contributed by atoms with Gasteiger partial charge in [-0.05, 0) is 37.1 Å². The first-order chi connectivity index (χ1) is 11.1. The quantitative estimate of drug-likeness (QED) is 0.823. The van der Waals surface area contributed by atoms with Crippen LogP contribution in [0.25, 0.3) is 0 Å². The van der Waals surface area contributed by atoms with Crippen molar-refractivity contribution in [2.75, 3.05) is 21.3 Å². The second kappa shape index (κ2) is 7.63. The van der Waals surface area contributed by atoms with E-state index in [0.29, 0.717) is 17.9 Å². The molecule has 0 unspecified atom stereocenters. The minimum Gasteiger partial charge on any atom is -0.496 e. The van der Waals surface area contributed by atoms with Crippen LogP contribution in [-0.4, -0.2) is 43.1 Å². The molecule has 23 heavy (non-hydrogen) atoms. The fraction of sp³-hybridized carbons (Fsp3) is 0.333. The summed E-state index contributed by atoms with van der Waals surface area (Å²) in [5.41, 5.74) is 1.53. The third kappa shape index (κ3) is 3.80. The predicted molar refractivity (Wildman–Crippen MR) is 89.0 cm³/mol.